The van der Waals surface area contributed by atoms with Crippen LogP contribution in [0, 0.1) is 0 Å². The van der Waals surface area contributed by atoms with Crippen LogP contribution < -0.4 is 0 Å². The predicted octanol–water partition coefficient (Wildman–Crippen LogP) is 0.322. The van der Waals surface area contributed by atoms with Gasteiger partial charge in [-0.25, -0.2) is 4.79 Å². The normalized spacial score (nSPS) is 18.6. The van der Waals surface area contributed by atoms with Gasteiger partial charge in [-0.2, -0.15) is 0 Å². The molecule has 6 heteroatoms. The van der Waals surface area contributed by atoms with Crippen molar-refractivity contribution >= 4 is 12.1 Å². The van der Waals surface area contributed by atoms with E-state index < -0.39 is 0 Å². The first-order valence-electron chi connectivity index (χ1n) is 5.83. The quantitative estimate of drug-likeness (QED) is 0.669. The molecule has 98 valence electrons. The second kappa shape index (κ2) is 6.44. The van der Waals surface area contributed by atoms with E-state index in [1.54, 1.807) is 11.8 Å². The molecule has 0 aromatic carbocycles. The molecular weight excluding hydrogens is 224 g/mol. The number of rotatable bonds is 3. The van der Waals surface area contributed by atoms with Crippen LogP contribution in [0.25, 0.3) is 0 Å². The molecule has 0 radical (unpaired) electrons. The van der Waals surface area contributed by atoms with Gasteiger partial charge in [0.1, 0.15) is 6.04 Å². The lowest BCUT2D eigenvalue weighted by Crippen LogP contribution is -2.53. The molecule has 1 saturated heterocycles. The maximum atomic E-state index is 11.5. The smallest absolute Gasteiger partial charge is 0.409 e. The summed E-state index contributed by atoms with van der Waals surface area (Å²) >= 11 is 0. The Morgan fingerprint density at radius 3 is 2.29 bits per heavy atom. The van der Waals surface area contributed by atoms with Crippen molar-refractivity contribution in [3.05, 3.63) is 0 Å². The van der Waals surface area contributed by atoms with Crippen molar-refractivity contribution < 1.29 is 19.1 Å². The van der Waals surface area contributed by atoms with Gasteiger partial charge in [-0.1, -0.05) is 0 Å². The lowest BCUT2D eigenvalue weighted by atomic mass is 10.2. The molecule has 0 spiro atoms. The molecule has 6 nitrogen and oxygen atoms in total. The van der Waals surface area contributed by atoms with Crippen LogP contribution in [0.3, 0.4) is 0 Å². The third-order valence-electron chi connectivity index (χ3n) is 2.93. The number of carbonyl (C=O) groups is 2. The van der Waals surface area contributed by atoms with Crippen LogP contribution in [-0.4, -0.2) is 67.8 Å². The molecule has 0 N–H and O–H groups in total. The fourth-order valence-electron chi connectivity index (χ4n) is 1.83. The van der Waals surface area contributed by atoms with Crippen LogP contribution >= 0.6 is 0 Å². The zero-order valence-electron chi connectivity index (χ0n) is 10.6. The third-order valence-corrected chi connectivity index (χ3v) is 2.93. The molecule has 1 aliphatic heterocycles. The Labute approximate surface area is 101 Å². The Hall–Kier alpha value is -1.30. The summed E-state index contributed by atoms with van der Waals surface area (Å²) in [5.74, 6) is -0.241. The van der Waals surface area contributed by atoms with Crippen LogP contribution in [0.4, 0.5) is 4.79 Å². The summed E-state index contributed by atoms with van der Waals surface area (Å²) in [5.41, 5.74) is 0. The lowest BCUT2D eigenvalue weighted by Gasteiger charge is -2.36. The number of carbonyl (C=O) groups excluding carboxylic acids is 2. The van der Waals surface area contributed by atoms with Crippen LogP contribution in [0.2, 0.25) is 0 Å². The SMILES string of the molecule is CCOC(=O)N1CCN(C(C)C(=O)OC)CC1. The van der Waals surface area contributed by atoms with Crippen molar-refractivity contribution in [3.8, 4) is 0 Å². The Bertz CT molecular complexity index is 275. The second-order valence-corrected chi connectivity index (χ2v) is 3.92. The second-order valence-electron chi connectivity index (χ2n) is 3.92. The third kappa shape index (κ3) is 3.59. The molecular formula is C11H20N2O4. The number of esters is 1. The van der Waals surface area contributed by atoms with E-state index in [9.17, 15) is 9.59 Å². The molecule has 0 aliphatic carbocycles. The maximum Gasteiger partial charge on any atom is 0.409 e. The first-order valence-corrected chi connectivity index (χ1v) is 5.83. The number of hydrogen-bond donors (Lipinski definition) is 0. The Morgan fingerprint density at radius 1 is 1.24 bits per heavy atom. The Balaban J connectivity index is 2.40. The molecule has 1 amide bonds. The minimum atomic E-state index is -0.280. The van der Waals surface area contributed by atoms with Gasteiger partial charge in [-0.05, 0) is 13.8 Å². The molecule has 1 unspecified atom stereocenters. The standard InChI is InChI=1S/C11H20N2O4/c1-4-17-11(15)13-7-5-12(6-8-13)9(2)10(14)16-3/h9H,4-8H2,1-3H3. The van der Waals surface area contributed by atoms with Gasteiger partial charge in [-0.3, -0.25) is 9.69 Å². The highest BCUT2D eigenvalue weighted by molar-refractivity contribution is 5.75. The van der Waals surface area contributed by atoms with Crippen molar-refractivity contribution in [1.29, 1.82) is 0 Å². The molecule has 1 fully saturated rings. The highest BCUT2D eigenvalue weighted by Crippen LogP contribution is 2.08. The van der Waals surface area contributed by atoms with Gasteiger partial charge in [0.25, 0.3) is 0 Å². The lowest BCUT2D eigenvalue weighted by molar-refractivity contribution is -0.146. The van der Waals surface area contributed by atoms with Crippen molar-refractivity contribution in [3.63, 3.8) is 0 Å². The van der Waals surface area contributed by atoms with Crippen molar-refractivity contribution in [1.82, 2.24) is 9.80 Å². The zero-order chi connectivity index (χ0) is 12.8. The van der Waals surface area contributed by atoms with E-state index in [0.717, 1.165) is 0 Å². The minimum absolute atomic E-state index is 0.241. The summed E-state index contributed by atoms with van der Waals surface area (Å²) in [6.45, 7) is 6.47. The van der Waals surface area contributed by atoms with Crippen molar-refractivity contribution in [2.75, 3.05) is 39.9 Å². The highest BCUT2D eigenvalue weighted by Gasteiger charge is 2.28. The van der Waals surface area contributed by atoms with Crippen molar-refractivity contribution in [2.45, 2.75) is 19.9 Å². The summed E-state index contributed by atoms with van der Waals surface area (Å²) in [7, 11) is 1.38. The number of hydrogen-bond acceptors (Lipinski definition) is 5. The molecule has 17 heavy (non-hydrogen) atoms. The molecule has 1 heterocycles. The number of nitrogens with zero attached hydrogens (tertiary/aromatic N) is 2. The summed E-state index contributed by atoms with van der Waals surface area (Å²) in [5, 5.41) is 0. The molecule has 0 saturated carbocycles. The number of amides is 1. The van der Waals surface area contributed by atoms with E-state index in [1.807, 2.05) is 11.8 Å². The highest BCUT2D eigenvalue weighted by atomic mass is 16.6. The van der Waals surface area contributed by atoms with Gasteiger partial charge in [0.15, 0.2) is 0 Å². The van der Waals surface area contributed by atoms with Crippen LogP contribution in [-0.2, 0) is 14.3 Å². The van der Waals surface area contributed by atoms with E-state index in [1.165, 1.54) is 7.11 Å². The summed E-state index contributed by atoms with van der Waals surface area (Å²) in [6, 6.07) is -0.260. The fraction of sp³-hybridized carbons (Fsp3) is 0.818. The van der Waals surface area contributed by atoms with Crippen LogP contribution in [0.1, 0.15) is 13.8 Å². The van der Waals surface area contributed by atoms with E-state index in [2.05, 4.69) is 0 Å². The number of piperazine rings is 1. The van der Waals surface area contributed by atoms with Gasteiger partial charge < -0.3 is 14.4 Å². The largest absolute Gasteiger partial charge is 0.468 e. The average Bonchev–Trinajstić information content (AvgIpc) is 2.37. The molecule has 1 atom stereocenters. The molecule has 1 aliphatic rings. The van der Waals surface area contributed by atoms with Gasteiger partial charge >= 0.3 is 12.1 Å². The topological polar surface area (TPSA) is 59.1 Å². The minimum Gasteiger partial charge on any atom is -0.468 e. The van der Waals surface area contributed by atoms with Crippen LogP contribution in [0.5, 0.6) is 0 Å². The summed E-state index contributed by atoms with van der Waals surface area (Å²) in [4.78, 5) is 26.5. The monoisotopic (exact) mass is 244 g/mol. The molecule has 1 rings (SSSR count). The first-order chi connectivity index (χ1) is 8.10. The summed E-state index contributed by atoms with van der Waals surface area (Å²) in [6.07, 6.45) is -0.280. The fourth-order valence-corrected chi connectivity index (χ4v) is 1.83. The van der Waals surface area contributed by atoms with Crippen LogP contribution in [0.15, 0.2) is 0 Å². The van der Waals surface area contributed by atoms with Gasteiger partial charge in [-0.15, -0.1) is 0 Å². The molecule has 0 bridgehead atoms. The molecule has 0 aromatic rings. The maximum absolute atomic E-state index is 11.5. The zero-order valence-corrected chi connectivity index (χ0v) is 10.6. The summed E-state index contributed by atoms with van der Waals surface area (Å²) < 4.78 is 9.61. The van der Waals surface area contributed by atoms with Crippen molar-refractivity contribution in [2.24, 2.45) is 0 Å². The van der Waals surface area contributed by atoms with Gasteiger partial charge in [0.2, 0.25) is 0 Å². The van der Waals surface area contributed by atoms with E-state index in [4.69, 9.17) is 9.47 Å². The van der Waals surface area contributed by atoms with Gasteiger partial charge in [0.05, 0.1) is 13.7 Å². The van der Waals surface area contributed by atoms with Gasteiger partial charge in [0, 0.05) is 26.2 Å². The molecule has 0 aromatic heterocycles. The predicted molar refractivity (Wildman–Crippen MR) is 61.6 cm³/mol. The first kappa shape index (κ1) is 13.8. The Morgan fingerprint density at radius 2 is 1.82 bits per heavy atom. The van der Waals surface area contributed by atoms with E-state index in [-0.39, 0.29) is 18.1 Å². The number of methoxy groups -OCH3 is 1. The van der Waals surface area contributed by atoms with E-state index >= 15 is 0 Å². The van der Waals surface area contributed by atoms with E-state index in [0.29, 0.717) is 32.8 Å². The Kier molecular flexibility index (Phi) is 5.21. The number of ether oxygens (including phenoxy) is 2. The average molecular weight is 244 g/mol.